The average molecular weight is 219 g/mol. The molecule has 2 heterocycles. The summed E-state index contributed by atoms with van der Waals surface area (Å²) < 4.78 is 7.46. The molecular formula is C12H17N3O. The van der Waals surface area contributed by atoms with Crippen LogP contribution in [0, 0.1) is 6.92 Å². The molecule has 4 heteroatoms. The van der Waals surface area contributed by atoms with E-state index in [9.17, 15) is 0 Å². The fraction of sp³-hybridized carbons (Fsp3) is 0.417. The number of nitrogens with one attached hydrogen (secondary N) is 1. The maximum absolute atomic E-state index is 5.55. The van der Waals surface area contributed by atoms with E-state index < -0.39 is 0 Å². The third-order valence-corrected chi connectivity index (χ3v) is 2.60. The highest BCUT2D eigenvalue weighted by Crippen LogP contribution is 2.21. The van der Waals surface area contributed by atoms with Crippen molar-refractivity contribution in [3.63, 3.8) is 0 Å². The number of hydrogen-bond acceptors (Lipinski definition) is 3. The Morgan fingerprint density at radius 2 is 2.25 bits per heavy atom. The zero-order chi connectivity index (χ0) is 11.5. The molecule has 0 spiro atoms. The van der Waals surface area contributed by atoms with Gasteiger partial charge in [0.15, 0.2) is 5.76 Å². The zero-order valence-electron chi connectivity index (χ0n) is 9.95. The molecule has 0 amide bonds. The van der Waals surface area contributed by atoms with E-state index in [2.05, 4.69) is 16.5 Å². The third-order valence-electron chi connectivity index (χ3n) is 2.60. The summed E-state index contributed by atoms with van der Waals surface area (Å²) >= 11 is 0. The van der Waals surface area contributed by atoms with Crippen LogP contribution in [0.3, 0.4) is 0 Å². The number of likely N-dealkylation sites (N-methyl/N-ethyl adjacent to an activating group) is 1. The van der Waals surface area contributed by atoms with Crippen LogP contribution >= 0.6 is 0 Å². The number of rotatable bonds is 4. The summed E-state index contributed by atoms with van der Waals surface area (Å²) in [6.07, 6.45) is 0.972. The Labute approximate surface area is 95.3 Å². The number of hydrogen-bond donors (Lipinski definition) is 1. The van der Waals surface area contributed by atoms with Crippen LogP contribution in [-0.4, -0.2) is 23.4 Å². The van der Waals surface area contributed by atoms with Crippen LogP contribution in [0.4, 0.5) is 0 Å². The third kappa shape index (κ3) is 2.17. The minimum atomic E-state index is 0.837. The fourth-order valence-electron chi connectivity index (χ4n) is 1.69. The van der Waals surface area contributed by atoms with Gasteiger partial charge in [0.2, 0.25) is 0 Å². The Hall–Kier alpha value is -1.55. The summed E-state index contributed by atoms with van der Waals surface area (Å²) in [5.41, 5.74) is 2.11. The van der Waals surface area contributed by atoms with Gasteiger partial charge in [-0.1, -0.05) is 0 Å². The molecule has 16 heavy (non-hydrogen) atoms. The molecule has 0 radical (unpaired) electrons. The van der Waals surface area contributed by atoms with Crippen molar-refractivity contribution in [2.75, 3.05) is 13.6 Å². The SMILES string of the molecule is CNCCc1cc(-c2ccc(C)o2)nn1C. The summed E-state index contributed by atoms with van der Waals surface area (Å²) in [7, 11) is 3.91. The Balaban J connectivity index is 2.23. The van der Waals surface area contributed by atoms with Gasteiger partial charge in [-0.15, -0.1) is 0 Å². The number of nitrogens with zero attached hydrogens (tertiary/aromatic N) is 2. The highest BCUT2D eigenvalue weighted by molar-refractivity contribution is 5.52. The van der Waals surface area contributed by atoms with Gasteiger partial charge in [0.25, 0.3) is 0 Å². The molecule has 2 aromatic heterocycles. The highest BCUT2D eigenvalue weighted by atomic mass is 16.3. The molecule has 0 saturated carbocycles. The predicted octanol–water partition coefficient (Wildman–Crippen LogP) is 1.75. The van der Waals surface area contributed by atoms with E-state index in [4.69, 9.17) is 4.42 Å². The van der Waals surface area contributed by atoms with Gasteiger partial charge in [-0.05, 0) is 32.2 Å². The van der Waals surface area contributed by atoms with Gasteiger partial charge in [-0.2, -0.15) is 5.10 Å². The minimum Gasteiger partial charge on any atom is -0.460 e. The molecule has 0 aliphatic rings. The first-order valence-corrected chi connectivity index (χ1v) is 5.45. The molecular weight excluding hydrogens is 202 g/mol. The van der Waals surface area contributed by atoms with Crippen LogP contribution in [-0.2, 0) is 13.5 Å². The van der Waals surface area contributed by atoms with Gasteiger partial charge in [0.05, 0.1) is 0 Å². The van der Waals surface area contributed by atoms with E-state index in [1.54, 1.807) is 0 Å². The molecule has 0 saturated heterocycles. The Morgan fingerprint density at radius 3 is 2.88 bits per heavy atom. The molecule has 0 aromatic carbocycles. The van der Waals surface area contributed by atoms with Crippen LogP contribution in [0.1, 0.15) is 11.5 Å². The van der Waals surface area contributed by atoms with E-state index in [1.807, 2.05) is 37.8 Å². The molecule has 4 nitrogen and oxygen atoms in total. The van der Waals surface area contributed by atoms with Crippen molar-refractivity contribution in [3.8, 4) is 11.5 Å². The molecule has 0 atom stereocenters. The molecule has 0 aliphatic carbocycles. The van der Waals surface area contributed by atoms with Crippen molar-refractivity contribution in [3.05, 3.63) is 29.7 Å². The first-order valence-electron chi connectivity index (χ1n) is 5.45. The number of aromatic nitrogens is 2. The molecule has 86 valence electrons. The van der Waals surface area contributed by atoms with E-state index in [0.717, 1.165) is 30.2 Å². The van der Waals surface area contributed by atoms with Gasteiger partial charge in [-0.25, -0.2) is 0 Å². The smallest absolute Gasteiger partial charge is 0.154 e. The summed E-state index contributed by atoms with van der Waals surface area (Å²) in [5.74, 6) is 1.75. The van der Waals surface area contributed by atoms with Gasteiger partial charge >= 0.3 is 0 Å². The molecule has 0 aliphatic heterocycles. The molecule has 0 fully saturated rings. The summed E-state index contributed by atoms with van der Waals surface area (Å²) in [6.45, 7) is 2.89. The van der Waals surface area contributed by atoms with Crippen LogP contribution < -0.4 is 5.32 Å². The lowest BCUT2D eigenvalue weighted by atomic mass is 10.2. The van der Waals surface area contributed by atoms with Crippen LogP contribution in [0.25, 0.3) is 11.5 Å². The van der Waals surface area contributed by atoms with Crippen LogP contribution in [0.15, 0.2) is 22.6 Å². The second kappa shape index (κ2) is 4.53. The van der Waals surface area contributed by atoms with E-state index >= 15 is 0 Å². The normalized spacial score (nSPS) is 10.9. The van der Waals surface area contributed by atoms with Crippen molar-refractivity contribution in [1.82, 2.24) is 15.1 Å². The maximum atomic E-state index is 5.55. The predicted molar refractivity (Wildman–Crippen MR) is 63.3 cm³/mol. The Kier molecular flexibility index (Phi) is 3.10. The van der Waals surface area contributed by atoms with Crippen molar-refractivity contribution in [2.24, 2.45) is 7.05 Å². The molecule has 2 aromatic rings. The molecule has 2 rings (SSSR count). The largest absolute Gasteiger partial charge is 0.460 e. The topological polar surface area (TPSA) is 43.0 Å². The van der Waals surface area contributed by atoms with E-state index in [1.165, 1.54) is 5.69 Å². The molecule has 0 unspecified atom stereocenters. The molecule has 0 bridgehead atoms. The monoisotopic (exact) mass is 219 g/mol. The molecule has 1 N–H and O–H groups in total. The zero-order valence-corrected chi connectivity index (χ0v) is 9.95. The standard InChI is InChI=1S/C12H17N3O/c1-9-4-5-12(16-9)11-8-10(6-7-13-2)15(3)14-11/h4-5,8,13H,6-7H2,1-3H3. The van der Waals surface area contributed by atoms with Crippen molar-refractivity contribution >= 4 is 0 Å². The summed E-state index contributed by atoms with van der Waals surface area (Å²) in [6, 6.07) is 5.99. The van der Waals surface area contributed by atoms with Crippen LogP contribution in [0.2, 0.25) is 0 Å². The van der Waals surface area contributed by atoms with Crippen molar-refractivity contribution < 1.29 is 4.42 Å². The lowest BCUT2D eigenvalue weighted by molar-refractivity contribution is 0.544. The minimum absolute atomic E-state index is 0.837. The highest BCUT2D eigenvalue weighted by Gasteiger charge is 2.09. The number of furan rings is 1. The van der Waals surface area contributed by atoms with E-state index in [-0.39, 0.29) is 0 Å². The van der Waals surface area contributed by atoms with Crippen LogP contribution in [0.5, 0.6) is 0 Å². The van der Waals surface area contributed by atoms with E-state index in [0.29, 0.717) is 0 Å². The van der Waals surface area contributed by atoms with Crippen molar-refractivity contribution in [2.45, 2.75) is 13.3 Å². The second-order valence-corrected chi connectivity index (χ2v) is 3.91. The maximum Gasteiger partial charge on any atom is 0.154 e. The summed E-state index contributed by atoms with van der Waals surface area (Å²) in [4.78, 5) is 0. The second-order valence-electron chi connectivity index (χ2n) is 3.91. The Bertz CT molecular complexity index is 470. The quantitative estimate of drug-likeness (QED) is 0.852. The number of aryl methyl sites for hydroxylation is 2. The van der Waals surface area contributed by atoms with Gasteiger partial charge in [0, 0.05) is 25.7 Å². The van der Waals surface area contributed by atoms with Crippen molar-refractivity contribution in [1.29, 1.82) is 0 Å². The lowest BCUT2D eigenvalue weighted by Gasteiger charge is -1.99. The lowest BCUT2D eigenvalue weighted by Crippen LogP contribution is -2.12. The first kappa shape index (κ1) is 11.0. The van der Waals surface area contributed by atoms with Gasteiger partial charge in [-0.3, -0.25) is 4.68 Å². The van der Waals surface area contributed by atoms with Gasteiger partial charge < -0.3 is 9.73 Å². The summed E-state index contributed by atoms with van der Waals surface area (Å²) in [5, 5.41) is 7.57. The van der Waals surface area contributed by atoms with Gasteiger partial charge in [0.1, 0.15) is 11.5 Å². The first-order chi connectivity index (χ1) is 7.70. The average Bonchev–Trinajstić information content (AvgIpc) is 2.82. The Morgan fingerprint density at radius 1 is 1.44 bits per heavy atom. The fourth-order valence-corrected chi connectivity index (χ4v) is 1.69.